The normalized spacial score (nSPS) is 17.8. The molecule has 1 heterocycles. The molecule has 0 spiro atoms. The standard InChI is InChI=1S/C27H28N3O9P/c1-18-25(29-27(33)34)26(32)30(18)40(35,36)39-17-24(31)28-21-12-13-22(37-15-19-8-4-2-5-9-19)23(14-21)38-16-20-10-6-3-7-11-20/h2-14,18,25,29H,15-17H2,1H3,(H,28,31)(H,33,34)(H,35,36)/t18-,25-/m0/s1. The first-order valence-electron chi connectivity index (χ1n) is 12.2. The zero-order chi connectivity index (χ0) is 28.7. The molecule has 0 saturated carbocycles. The van der Waals surface area contributed by atoms with Crippen molar-refractivity contribution < 1.29 is 42.9 Å². The predicted molar refractivity (Wildman–Crippen MR) is 144 cm³/mol. The summed E-state index contributed by atoms with van der Waals surface area (Å²) in [7, 11) is -4.70. The second kappa shape index (κ2) is 12.6. The van der Waals surface area contributed by atoms with E-state index in [9.17, 15) is 23.8 Å². The number of nitrogens with one attached hydrogen (secondary N) is 2. The molecule has 3 atom stereocenters. The van der Waals surface area contributed by atoms with E-state index < -0.39 is 44.3 Å². The van der Waals surface area contributed by atoms with Gasteiger partial charge in [-0.15, -0.1) is 0 Å². The number of β-lactam (4-membered cyclic amide) rings is 1. The highest BCUT2D eigenvalue weighted by Gasteiger charge is 2.54. The zero-order valence-electron chi connectivity index (χ0n) is 21.4. The molecule has 0 bridgehead atoms. The van der Waals surface area contributed by atoms with Crippen LogP contribution < -0.4 is 20.1 Å². The molecule has 1 fully saturated rings. The molecule has 0 radical (unpaired) electrons. The van der Waals surface area contributed by atoms with E-state index in [4.69, 9.17) is 19.1 Å². The van der Waals surface area contributed by atoms with Crippen molar-refractivity contribution in [1.82, 2.24) is 9.99 Å². The Bertz CT molecular complexity index is 1400. The maximum Gasteiger partial charge on any atom is 0.435 e. The van der Waals surface area contributed by atoms with Crippen molar-refractivity contribution in [3.8, 4) is 11.5 Å². The van der Waals surface area contributed by atoms with Gasteiger partial charge in [0.15, 0.2) is 11.5 Å². The smallest absolute Gasteiger partial charge is 0.435 e. The van der Waals surface area contributed by atoms with Crippen LogP contribution in [0.15, 0.2) is 78.9 Å². The summed E-state index contributed by atoms with van der Waals surface area (Å²) >= 11 is 0. The SMILES string of the molecule is C[C@H]1[C@H](NC(=O)O)C(=O)N1P(=O)(O)OCC(=O)Nc1ccc(OCc2ccccc2)c(OCc2ccccc2)c1. The molecule has 12 nitrogen and oxygen atoms in total. The van der Waals surface area contributed by atoms with Crippen LogP contribution in [-0.2, 0) is 31.9 Å². The second-order valence-corrected chi connectivity index (χ2v) is 10.5. The lowest BCUT2D eigenvalue weighted by Gasteiger charge is -2.45. The topological polar surface area (TPSA) is 164 Å². The van der Waals surface area contributed by atoms with Gasteiger partial charge in [-0.25, -0.2) is 14.0 Å². The molecule has 0 aliphatic carbocycles. The number of rotatable bonds is 12. The monoisotopic (exact) mass is 569 g/mol. The number of benzene rings is 3. The lowest BCUT2D eigenvalue weighted by molar-refractivity contribution is -0.143. The highest BCUT2D eigenvalue weighted by Crippen LogP contribution is 2.52. The number of nitrogens with zero attached hydrogens (tertiary/aromatic N) is 1. The summed E-state index contributed by atoms with van der Waals surface area (Å²) in [6.07, 6.45) is -1.44. The third kappa shape index (κ3) is 7.17. The summed E-state index contributed by atoms with van der Waals surface area (Å²) in [6.45, 7) is 1.08. The van der Waals surface area contributed by atoms with Crippen LogP contribution in [0.25, 0.3) is 0 Å². The van der Waals surface area contributed by atoms with Crippen LogP contribution in [0.2, 0.25) is 0 Å². The number of hydrogen-bond acceptors (Lipinski definition) is 7. The van der Waals surface area contributed by atoms with E-state index in [1.165, 1.54) is 6.92 Å². The zero-order valence-corrected chi connectivity index (χ0v) is 22.3. The van der Waals surface area contributed by atoms with E-state index in [1.54, 1.807) is 18.2 Å². The van der Waals surface area contributed by atoms with Gasteiger partial charge >= 0.3 is 13.8 Å². The fraction of sp³-hybridized carbons (Fsp3) is 0.222. The Kier molecular flexibility index (Phi) is 9.05. The van der Waals surface area contributed by atoms with Gasteiger partial charge in [0.1, 0.15) is 25.9 Å². The number of carbonyl (C=O) groups is 3. The lowest BCUT2D eigenvalue weighted by Crippen LogP contribution is -2.68. The summed E-state index contributed by atoms with van der Waals surface area (Å²) in [5.74, 6) is -0.874. The second-order valence-electron chi connectivity index (χ2n) is 8.87. The average Bonchev–Trinajstić information content (AvgIpc) is 2.94. The van der Waals surface area contributed by atoms with Gasteiger partial charge in [-0.1, -0.05) is 60.7 Å². The highest BCUT2D eigenvalue weighted by atomic mass is 31.2. The van der Waals surface area contributed by atoms with Crippen LogP contribution >= 0.6 is 7.75 Å². The third-order valence-electron chi connectivity index (χ3n) is 5.98. The molecule has 4 N–H and O–H groups in total. The molecular formula is C27H28N3O9P. The molecular weight excluding hydrogens is 541 g/mol. The van der Waals surface area contributed by atoms with Crippen LogP contribution in [-0.4, -0.2) is 51.3 Å². The first-order chi connectivity index (χ1) is 19.1. The van der Waals surface area contributed by atoms with Crippen molar-refractivity contribution in [1.29, 1.82) is 0 Å². The van der Waals surface area contributed by atoms with Gasteiger partial charge in [0.2, 0.25) is 0 Å². The first-order valence-corrected chi connectivity index (χ1v) is 13.7. The highest BCUT2D eigenvalue weighted by molar-refractivity contribution is 7.51. The minimum absolute atomic E-state index is 0.247. The van der Waals surface area contributed by atoms with E-state index in [2.05, 4.69) is 5.32 Å². The number of carboxylic acid groups (broad SMARTS) is 1. The van der Waals surface area contributed by atoms with Crippen molar-refractivity contribution in [2.75, 3.05) is 11.9 Å². The van der Waals surface area contributed by atoms with E-state index in [0.29, 0.717) is 28.5 Å². The first kappa shape index (κ1) is 28.6. The Balaban J connectivity index is 1.39. The van der Waals surface area contributed by atoms with Crippen LogP contribution in [0, 0.1) is 0 Å². The molecule has 3 aromatic rings. The maximum absolute atomic E-state index is 12.6. The molecule has 13 heteroatoms. The largest absolute Gasteiger partial charge is 0.485 e. The van der Waals surface area contributed by atoms with E-state index in [0.717, 1.165) is 11.1 Å². The molecule has 1 aliphatic rings. The van der Waals surface area contributed by atoms with Crippen LogP contribution in [0.1, 0.15) is 18.1 Å². The third-order valence-corrected chi connectivity index (χ3v) is 7.55. The fourth-order valence-corrected chi connectivity index (χ4v) is 5.35. The number of anilines is 1. The molecule has 210 valence electrons. The number of ether oxygens (including phenoxy) is 2. The van der Waals surface area contributed by atoms with Gasteiger partial charge in [-0.05, 0) is 30.2 Å². The Morgan fingerprint density at radius 2 is 1.50 bits per heavy atom. The minimum atomic E-state index is -4.70. The molecule has 1 unspecified atom stereocenters. The number of carbonyl (C=O) groups excluding carboxylic acids is 2. The van der Waals surface area contributed by atoms with Gasteiger partial charge in [-0.3, -0.25) is 14.1 Å². The van der Waals surface area contributed by atoms with Crippen molar-refractivity contribution >= 4 is 31.3 Å². The summed E-state index contributed by atoms with van der Waals surface area (Å²) in [5.41, 5.74) is 2.20. The Hall–Kier alpha value is -4.38. The number of amides is 3. The molecule has 1 saturated heterocycles. The summed E-state index contributed by atoms with van der Waals surface area (Å²) in [6, 6.07) is 21.7. The Labute approximate surface area is 230 Å². The molecule has 3 amide bonds. The maximum atomic E-state index is 12.6. The van der Waals surface area contributed by atoms with E-state index in [1.807, 2.05) is 66.0 Å². The summed E-state index contributed by atoms with van der Waals surface area (Å²) in [5, 5.41) is 13.3. The van der Waals surface area contributed by atoms with Gasteiger partial charge in [0.25, 0.3) is 11.8 Å². The van der Waals surface area contributed by atoms with E-state index in [-0.39, 0.29) is 6.61 Å². The fourth-order valence-electron chi connectivity index (χ4n) is 3.97. The van der Waals surface area contributed by atoms with E-state index >= 15 is 0 Å². The minimum Gasteiger partial charge on any atom is -0.485 e. The molecule has 40 heavy (non-hydrogen) atoms. The summed E-state index contributed by atoms with van der Waals surface area (Å²) in [4.78, 5) is 45.6. The van der Waals surface area contributed by atoms with Gasteiger partial charge in [0, 0.05) is 11.8 Å². The molecule has 4 rings (SSSR count). The van der Waals surface area contributed by atoms with Crippen molar-refractivity contribution in [3.05, 3.63) is 90.0 Å². The van der Waals surface area contributed by atoms with Crippen LogP contribution in [0.4, 0.5) is 10.5 Å². The van der Waals surface area contributed by atoms with Gasteiger partial charge < -0.3 is 30.1 Å². The Morgan fingerprint density at radius 3 is 2.05 bits per heavy atom. The Morgan fingerprint density at radius 1 is 0.925 bits per heavy atom. The number of hydrogen-bond donors (Lipinski definition) is 4. The van der Waals surface area contributed by atoms with Crippen LogP contribution in [0.3, 0.4) is 0 Å². The van der Waals surface area contributed by atoms with Gasteiger partial charge in [-0.2, -0.15) is 0 Å². The molecule has 0 aromatic heterocycles. The lowest BCUT2D eigenvalue weighted by atomic mass is 10.0. The van der Waals surface area contributed by atoms with Crippen LogP contribution in [0.5, 0.6) is 11.5 Å². The van der Waals surface area contributed by atoms with Crippen molar-refractivity contribution in [2.45, 2.75) is 32.2 Å². The van der Waals surface area contributed by atoms with Crippen molar-refractivity contribution in [2.24, 2.45) is 0 Å². The predicted octanol–water partition coefficient (Wildman–Crippen LogP) is 3.77. The summed E-state index contributed by atoms with van der Waals surface area (Å²) < 4.78 is 29.9. The van der Waals surface area contributed by atoms with Crippen molar-refractivity contribution in [3.63, 3.8) is 0 Å². The van der Waals surface area contributed by atoms with Gasteiger partial charge in [0.05, 0.1) is 6.04 Å². The molecule has 1 aliphatic heterocycles. The molecule has 3 aromatic carbocycles. The quantitative estimate of drug-likeness (QED) is 0.188. The average molecular weight is 570 g/mol.